The normalized spacial score (nSPS) is 56.1. The average Bonchev–Trinajstić information content (AvgIpc) is 2.69. The third-order valence-corrected chi connectivity index (χ3v) is 13.5. The third kappa shape index (κ3) is 2.68. The number of carbonyl (C=O) groups is 2. The van der Waals surface area contributed by atoms with E-state index in [9.17, 15) is 14.7 Å². The Kier molecular flexibility index (Phi) is 4.96. The maximum atomic E-state index is 14.4. The molecule has 0 radical (unpaired) electrons. The van der Waals surface area contributed by atoms with Crippen LogP contribution in [0.2, 0.25) is 0 Å². The molecule has 0 aromatic rings. The summed E-state index contributed by atoms with van der Waals surface area (Å²) in [6.45, 7) is 18.1. The van der Waals surface area contributed by atoms with Crippen molar-refractivity contribution in [2.75, 3.05) is 0 Å². The molecule has 0 aromatic carbocycles. The second-order valence-corrected chi connectivity index (χ2v) is 15.8. The fourth-order valence-corrected chi connectivity index (χ4v) is 11.2. The molecule has 5 saturated carbocycles. The number of carbonyl (C=O) groups excluding carboxylic acids is 2. The van der Waals surface area contributed by atoms with E-state index in [1.807, 2.05) is 0 Å². The number of fused-ring (bicyclic) bond motifs is 7. The number of ketones is 2. The molecule has 5 aliphatic carbocycles. The molecule has 192 valence electrons. The van der Waals surface area contributed by atoms with Crippen molar-refractivity contribution in [2.45, 2.75) is 125 Å². The summed E-state index contributed by atoms with van der Waals surface area (Å²) in [6.07, 6.45) is 7.01. The lowest BCUT2D eigenvalue weighted by Gasteiger charge is -2.75. The molecule has 0 aliphatic heterocycles. The minimum atomic E-state index is -0.689. The Morgan fingerprint density at radius 3 is 2.12 bits per heavy atom. The molecule has 5 fully saturated rings. The fourth-order valence-electron chi connectivity index (χ4n) is 11.2. The molecule has 0 heterocycles. The van der Waals surface area contributed by atoms with E-state index in [0.29, 0.717) is 36.7 Å². The van der Waals surface area contributed by atoms with Gasteiger partial charge in [-0.3, -0.25) is 9.59 Å². The number of rotatable bonds is 0. The first kappa shape index (κ1) is 24.9. The van der Waals surface area contributed by atoms with Crippen molar-refractivity contribution in [3.8, 4) is 0 Å². The monoisotopic (exact) mass is 471 g/mol. The zero-order valence-corrected chi connectivity index (χ0v) is 23.0. The summed E-state index contributed by atoms with van der Waals surface area (Å²) in [7, 11) is 0. The fraction of sp³-hybridized carbons (Fsp3) is 0.933. The summed E-state index contributed by atoms with van der Waals surface area (Å²) < 4.78 is 0. The van der Waals surface area contributed by atoms with Crippen LogP contribution in [0.25, 0.3) is 0 Å². The second-order valence-electron chi connectivity index (χ2n) is 15.8. The average molecular weight is 472 g/mol. The molecule has 3 N–H and O–H groups in total. The number of hydrogen-bond acceptors (Lipinski definition) is 4. The molecule has 4 heteroatoms. The van der Waals surface area contributed by atoms with Gasteiger partial charge in [0.1, 0.15) is 11.6 Å². The maximum absolute atomic E-state index is 14.4. The molecule has 34 heavy (non-hydrogen) atoms. The van der Waals surface area contributed by atoms with Gasteiger partial charge < -0.3 is 10.8 Å². The summed E-state index contributed by atoms with van der Waals surface area (Å²) >= 11 is 0. The van der Waals surface area contributed by atoms with Crippen LogP contribution in [0.4, 0.5) is 0 Å². The summed E-state index contributed by atoms with van der Waals surface area (Å²) in [5, 5.41) is 11.8. The Balaban J connectivity index is 1.64. The third-order valence-electron chi connectivity index (χ3n) is 13.5. The number of aliphatic hydroxyl groups excluding tert-OH is 1. The zero-order chi connectivity index (χ0) is 25.3. The van der Waals surface area contributed by atoms with E-state index in [1.165, 1.54) is 0 Å². The van der Waals surface area contributed by atoms with E-state index in [0.717, 1.165) is 38.5 Å². The lowest BCUT2D eigenvalue weighted by atomic mass is 9.30. The second kappa shape index (κ2) is 6.77. The first-order chi connectivity index (χ1) is 15.4. The van der Waals surface area contributed by atoms with Gasteiger partial charge in [-0.2, -0.15) is 0 Å². The van der Waals surface area contributed by atoms with Crippen LogP contribution in [0.15, 0.2) is 0 Å². The quantitative estimate of drug-likeness (QED) is 0.476. The van der Waals surface area contributed by atoms with Crippen molar-refractivity contribution in [3.05, 3.63) is 0 Å². The molecule has 0 bridgehead atoms. The van der Waals surface area contributed by atoms with Gasteiger partial charge in [0.05, 0.1) is 6.10 Å². The number of nitrogens with two attached hydrogens (primary N) is 1. The zero-order valence-electron chi connectivity index (χ0n) is 23.0. The van der Waals surface area contributed by atoms with Crippen LogP contribution in [0.1, 0.15) is 113 Å². The Morgan fingerprint density at radius 1 is 0.824 bits per heavy atom. The number of hydrogen-bond donors (Lipinski definition) is 2. The van der Waals surface area contributed by atoms with Crippen LogP contribution < -0.4 is 5.73 Å². The minimum absolute atomic E-state index is 0.0344. The standard InChI is InChI=1S/C30H49NO3/c1-24(2)13-14-28(7)22(34)16-29(8)23(30(28,31)17-24)18(32)15-20-26(5)11-10-21(33)25(3,4)19(26)9-12-27(20,29)6/h19-20,22-23,34H,9-17,31H2,1-8H3/t19-,20+,22+,23?,26-,27+,28+,29+,30+/m0/s1. The van der Waals surface area contributed by atoms with E-state index in [-0.39, 0.29) is 38.9 Å². The van der Waals surface area contributed by atoms with Crippen LogP contribution in [0, 0.1) is 50.2 Å². The van der Waals surface area contributed by atoms with E-state index < -0.39 is 17.1 Å². The molecule has 1 unspecified atom stereocenters. The predicted octanol–water partition coefficient (Wildman–Crippen LogP) is 5.69. The SMILES string of the molecule is CC1(C)CC[C@]2(C)[C@H](O)C[C@]3(C)C(C(=O)C[C@@H]4[C@@]5(C)CCC(=O)C(C)(C)[C@@H]5CC[C@]43C)[C@]2(N)C1. The van der Waals surface area contributed by atoms with E-state index in [4.69, 9.17) is 5.73 Å². The molecule has 0 spiro atoms. The van der Waals surface area contributed by atoms with Gasteiger partial charge in [0, 0.05) is 35.1 Å². The highest BCUT2D eigenvalue weighted by molar-refractivity contribution is 5.87. The van der Waals surface area contributed by atoms with Crippen molar-refractivity contribution in [1.29, 1.82) is 0 Å². The molecule has 0 aromatic heterocycles. The van der Waals surface area contributed by atoms with Crippen LogP contribution in [0.5, 0.6) is 0 Å². The maximum Gasteiger partial charge on any atom is 0.138 e. The van der Waals surface area contributed by atoms with Gasteiger partial charge in [-0.1, -0.05) is 55.4 Å². The van der Waals surface area contributed by atoms with Gasteiger partial charge in [0.2, 0.25) is 0 Å². The summed E-state index contributed by atoms with van der Waals surface area (Å²) in [6, 6.07) is 0. The smallest absolute Gasteiger partial charge is 0.138 e. The van der Waals surface area contributed by atoms with Crippen LogP contribution >= 0.6 is 0 Å². The van der Waals surface area contributed by atoms with Crippen LogP contribution in [0.3, 0.4) is 0 Å². The molecule has 0 amide bonds. The van der Waals surface area contributed by atoms with Gasteiger partial charge in [-0.05, 0) is 78.4 Å². The molecule has 5 aliphatic rings. The molecule has 9 atom stereocenters. The van der Waals surface area contributed by atoms with Gasteiger partial charge in [0.15, 0.2) is 0 Å². The Bertz CT molecular complexity index is 939. The topological polar surface area (TPSA) is 80.4 Å². The van der Waals surface area contributed by atoms with Gasteiger partial charge >= 0.3 is 0 Å². The van der Waals surface area contributed by atoms with Crippen LogP contribution in [-0.2, 0) is 9.59 Å². The Labute approximate surface area is 207 Å². The molecule has 5 rings (SSSR count). The Morgan fingerprint density at radius 2 is 1.47 bits per heavy atom. The number of aliphatic hydroxyl groups is 1. The van der Waals surface area contributed by atoms with Gasteiger partial charge in [0.25, 0.3) is 0 Å². The van der Waals surface area contributed by atoms with Crippen molar-refractivity contribution in [2.24, 2.45) is 56.0 Å². The molecule has 0 saturated heterocycles. The highest BCUT2D eigenvalue weighted by Gasteiger charge is 2.76. The van der Waals surface area contributed by atoms with E-state index in [2.05, 4.69) is 55.4 Å². The highest BCUT2D eigenvalue weighted by Crippen LogP contribution is 2.76. The highest BCUT2D eigenvalue weighted by atomic mass is 16.3. The molecule has 4 nitrogen and oxygen atoms in total. The lowest BCUT2D eigenvalue weighted by Crippen LogP contribution is -2.79. The molecular weight excluding hydrogens is 422 g/mol. The van der Waals surface area contributed by atoms with Crippen molar-refractivity contribution >= 4 is 11.6 Å². The largest absolute Gasteiger partial charge is 0.392 e. The van der Waals surface area contributed by atoms with Gasteiger partial charge in [-0.25, -0.2) is 0 Å². The summed E-state index contributed by atoms with van der Waals surface area (Å²) in [5.74, 6) is 1.05. The van der Waals surface area contributed by atoms with E-state index >= 15 is 0 Å². The lowest BCUT2D eigenvalue weighted by molar-refractivity contribution is -0.257. The van der Waals surface area contributed by atoms with E-state index in [1.54, 1.807) is 0 Å². The first-order valence-corrected chi connectivity index (χ1v) is 13.9. The Hall–Kier alpha value is -0.740. The predicted molar refractivity (Wildman–Crippen MR) is 135 cm³/mol. The number of Topliss-reactive ketones (excluding diaryl/α,β-unsaturated/α-hetero) is 2. The van der Waals surface area contributed by atoms with Crippen molar-refractivity contribution < 1.29 is 14.7 Å². The molecular formula is C30H49NO3. The minimum Gasteiger partial charge on any atom is -0.392 e. The van der Waals surface area contributed by atoms with Gasteiger partial charge in [-0.15, -0.1) is 0 Å². The summed E-state index contributed by atoms with van der Waals surface area (Å²) in [5.41, 5.74) is 5.65. The first-order valence-electron chi connectivity index (χ1n) is 13.9. The van der Waals surface area contributed by atoms with Crippen LogP contribution in [-0.4, -0.2) is 28.3 Å². The van der Waals surface area contributed by atoms with Crippen molar-refractivity contribution in [1.82, 2.24) is 0 Å². The summed E-state index contributed by atoms with van der Waals surface area (Å²) in [4.78, 5) is 27.3. The van der Waals surface area contributed by atoms with Crippen molar-refractivity contribution in [3.63, 3.8) is 0 Å².